The summed E-state index contributed by atoms with van der Waals surface area (Å²) in [5, 5.41) is 7.59. The van der Waals surface area contributed by atoms with E-state index in [1.54, 1.807) is 0 Å². The van der Waals surface area contributed by atoms with Crippen molar-refractivity contribution in [2.24, 2.45) is 10.6 Å². The van der Waals surface area contributed by atoms with E-state index in [0.717, 1.165) is 37.5 Å². The Hall–Kier alpha value is -1.47. The molecule has 0 heterocycles. The molecule has 110 valence electrons. The van der Waals surface area contributed by atoms with Crippen molar-refractivity contribution in [3.05, 3.63) is 29.6 Å². The zero-order valence-electron chi connectivity index (χ0n) is 11.1. The molecule has 0 aliphatic heterocycles. The number of benzene rings is 1. The fourth-order valence-corrected chi connectivity index (χ4v) is 2.58. The van der Waals surface area contributed by atoms with Gasteiger partial charge in [0.1, 0.15) is 5.82 Å². The Bertz CT molecular complexity index is 639. The Morgan fingerprint density at radius 3 is 2.55 bits per heavy atom. The summed E-state index contributed by atoms with van der Waals surface area (Å²) >= 11 is 0. The van der Waals surface area contributed by atoms with Crippen LogP contribution in [0.1, 0.15) is 36.5 Å². The lowest BCUT2D eigenvalue weighted by Crippen LogP contribution is -2.30. The van der Waals surface area contributed by atoms with Crippen molar-refractivity contribution >= 4 is 15.9 Å². The van der Waals surface area contributed by atoms with Crippen LogP contribution >= 0.6 is 0 Å². The van der Waals surface area contributed by atoms with E-state index in [1.165, 1.54) is 0 Å². The molecule has 1 aromatic rings. The lowest BCUT2D eigenvalue weighted by atomic mass is 10.0. The molecule has 1 fully saturated rings. The van der Waals surface area contributed by atoms with E-state index in [-0.39, 0.29) is 15.9 Å². The van der Waals surface area contributed by atoms with Gasteiger partial charge in [0.25, 0.3) is 5.91 Å². The van der Waals surface area contributed by atoms with Crippen LogP contribution < -0.4 is 10.5 Å². The highest BCUT2D eigenvalue weighted by atomic mass is 32.2. The van der Waals surface area contributed by atoms with Crippen LogP contribution in [0.3, 0.4) is 0 Å². The summed E-state index contributed by atoms with van der Waals surface area (Å²) in [4.78, 5) is 11.5. The van der Waals surface area contributed by atoms with Crippen LogP contribution in [0.25, 0.3) is 0 Å². The van der Waals surface area contributed by atoms with Gasteiger partial charge in [-0.15, -0.1) is 0 Å². The molecule has 0 spiro atoms. The van der Waals surface area contributed by atoms with Crippen molar-refractivity contribution in [1.82, 2.24) is 5.32 Å². The third kappa shape index (κ3) is 3.16. The summed E-state index contributed by atoms with van der Waals surface area (Å²) in [6.45, 7) is 2.57. The van der Waals surface area contributed by atoms with Crippen LogP contribution in [-0.2, 0) is 10.0 Å². The molecule has 1 aliphatic rings. The van der Waals surface area contributed by atoms with Crippen molar-refractivity contribution < 1.29 is 17.6 Å². The van der Waals surface area contributed by atoms with Crippen LogP contribution in [0.5, 0.6) is 0 Å². The minimum absolute atomic E-state index is 0.159. The molecule has 0 radical (unpaired) electrons. The van der Waals surface area contributed by atoms with Gasteiger partial charge in [0.15, 0.2) is 0 Å². The Balaban J connectivity index is 2.11. The Kier molecular flexibility index (Phi) is 3.84. The normalized spacial score (nSPS) is 16.8. The van der Waals surface area contributed by atoms with Gasteiger partial charge in [-0.3, -0.25) is 4.79 Å². The SMILES string of the molecule is CCC1(CNC(=O)c2ccc(S(N)(=O)=O)cc2F)CC1. The highest BCUT2D eigenvalue weighted by molar-refractivity contribution is 7.89. The summed E-state index contributed by atoms with van der Waals surface area (Å²) in [6.07, 6.45) is 3.10. The number of amides is 1. The number of hydrogen-bond donors (Lipinski definition) is 2. The van der Waals surface area contributed by atoms with E-state index in [1.807, 2.05) is 0 Å². The number of nitrogens with one attached hydrogen (secondary N) is 1. The van der Waals surface area contributed by atoms with E-state index in [9.17, 15) is 17.6 Å². The molecule has 0 saturated heterocycles. The number of sulfonamides is 1. The van der Waals surface area contributed by atoms with E-state index in [2.05, 4.69) is 12.2 Å². The van der Waals surface area contributed by atoms with Gasteiger partial charge in [-0.1, -0.05) is 6.92 Å². The Morgan fingerprint density at radius 1 is 1.45 bits per heavy atom. The highest BCUT2D eigenvalue weighted by Crippen LogP contribution is 2.47. The number of hydrogen-bond acceptors (Lipinski definition) is 3. The Morgan fingerprint density at radius 2 is 2.10 bits per heavy atom. The standard InChI is InChI=1S/C13H17FN2O3S/c1-2-13(5-6-13)8-16-12(17)10-4-3-9(7-11(10)14)20(15,18)19/h3-4,7H,2,5-6,8H2,1H3,(H,16,17)(H2,15,18,19). The number of halogens is 1. The van der Waals surface area contributed by atoms with Crippen molar-refractivity contribution in [3.63, 3.8) is 0 Å². The first-order valence-corrected chi connectivity index (χ1v) is 7.93. The molecule has 7 heteroatoms. The van der Waals surface area contributed by atoms with Gasteiger partial charge in [0, 0.05) is 6.54 Å². The lowest BCUT2D eigenvalue weighted by Gasteiger charge is -2.13. The van der Waals surface area contributed by atoms with Crippen LogP contribution in [0.15, 0.2) is 23.1 Å². The molecule has 0 atom stereocenters. The fraction of sp³-hybridized carbons (Fsp3) is 0.462. The third-order valence-electron chi connectivity index (χ3n) is 3.84. The van der Waals surface area contributed by atoms with Gasteiger partial charge in [0.2, 0.25) is 10.0 Å². The second kappa shape index (κ2) is 5.14. The van der Waals surface area contributed by atoms with E-state index in [4.69, 9.17) is 5.14 Å². The maximum Gasteiger partial charge on any atom is 0.254 e. The maximum absolute atomic E-state index is 13.8. The topological polar surface area (TPSA) is 89.3 Å². The first-order chi connectivity index (χ1) is 9.27. The minimum Gasteiger partial charge on any atom is -0.351 e. The summed E-state index contributed by atoms with van der Waals surface area (Å²) in [5.74, 6) is -1.43. The van der Waals surface area contributed by atoms with Crippen molar-refractivity contribution in [3.8, 4) is 0 Å². The predicted octanol–water partition coefficient (Wildman–Crippen LogP) is 1.39. The van der Waals surface area contributed by atoms with Crippen molar-refractivity contribution in [1.29, 1.82) is 0 Å². The number of primary sulfonamides is 1. The van der Waals surface area contributed by atoms with Gasteiger partial charge in [-0.25, -0.2) is 17.9 Å². The monoisotopic (exact) mass is 300 g/mol. The zero-order chi connectivity index (χ0) is 15.0. The molecule has 1 saturated carbocycles. The second-order valence-electron chi connectivity index (χ2n) is 5.22. The van der Waals surface area contributed by atoms with E-state index < -0.39 is 21.7 Å². The maximum atomic E-state index is 13.8. The zero-order valence-corrected chi connectivity index (χ0v) is 12.0. The van der Waals surface area contributed by atoms with Gasteiger partial charge in [-0.2, -0.15) is 0 Å². The average Bonchev–Trinajstić information content (AvgIpc) is 3.15. The average molecular weight is 300 g/mol. The molecule has 3 N–H and O–H groups in total. The van der Waals surface area contributed by atoms with Gasteiger partial charge in [-0.05, 0) is 42.9 Å². The quantitative estimate of drug-likeness (QED) is 0.861. The number of rotatable bonds is 5. The summed E-state index contributed by atoms with van der Waals surface area (Å²) in [5.41, 5.74) is -0.0172. The molecular weight excluding hydrogens is 283 g/mol. The van der Waals surface area contributed by atoms with E-state index >= 15 is 0 Å². The van der Waals surface area contributed by atoms with Crippen molar-refractivity contribution in [2.75, 3.05) is 6.54 Å². The van der Waals surface area contributed by atoms with Crippen LogP contribution in [0.4, 0.5) is 4.39 Å². The van der Waals surface area contributed by atoms with Crippen LogP contribution in [0.2, 0.25) is 0 Å². The second-order valence-corrected chi connectivity index (χ2v) is 6.78. The largest absolute Gasteiger partial charge is 0.351 e. The molecule has 0 unspecified atom stereocenters. The molecule has 2 rings (SSSR count). The smallest absolute Gasteiger partial charge is 0.254 e. The molecule has 1 aromatic carbocycles. The molecule has 1 aliphatic carbocycles. The first kappa shape index (κ1) is 14.9. The predicted molar refractivity (Wildman–Crippen MR) is 72.1 cm³/mol. The number of carbonyl (C=O) groups excluding carboxylic acids is 1. The molecular formula is C13H17FN2O3S. The summed E-state index contributed by atoms with van der Waals surface area (Å²) in [6, 6.07) is 3.02. The first-order valence-electron chi connectivity index (χ1n) is 6.38. The highest BCUT2D eigenvalue weighted by Gasteiger charge is 2.40. The summed E-state index contributed by atoms with van der Waals surface area (Å²) < 4.78 is 35.9. The molecule has 1 amide bonds. The third-order valence-corrected chi connectivity index (χ3v) is 4.76. The molecule has 0 aromatic heterocycles. The van der Waals surface area contributed by atoms with Crippen LogP contribution in [-0.4, -0.2) is 20.9 Å². The van der Waals surface area contributed by atoms with Gasteiger partial charge < -0.3 is 5.32 Å². The molecule has 5 nitrogen and oxygen atoms in total. The number of carbonyl (C=O) groups is 1. The number of nitrogens with two attached hydrogens (primary N) is 1. The minimum atomic E-state index is -3.97. The Labute approximate surface area is 117 Å². The molecule has 20 heavy (non-hydrogen) atoms. The fourth-order valence-electron chi connectivity index (χ4n) is 2.05. The van der Waals surface area contributed by atoms with Crippen LogP contribution in [0, 0.1) is 11.2 Å². The van der Waals surface area contributed by atoms with Crippen molar-refractivity contribution in [2.45, 2.75) is 31.1 Å². The summed E-state index contributed by atoms with van der Waals surface area (Å²) in [7, 11) is -3.97. The lowest BCUT2D eigenvalue weighted by molar-refractivity contribution is 0.0940. The molecule has 0 bridgehead atoms. The van der Waals surface area contributed by atoms with E-state index in [0.29, 0.717) is 6.54 Å². The van der Waals surface area contributed by atoms with Gasteiger partial charge >= 0.3 is 0 Å². The van der Waals surface area contributed by atoms with Gasteiger partial charge in [0.05, 0.1) is 10.5 Å².